The maximum absolute atomic E-state index is 13.7. The number of alkyl halides is 3. The summed E-state index contributed by atoms with van der Waals surface area (Å²) in [6.07, 6.45) is -6.62. The third-order valence-electron chi connectivity index (χ3n) is 4.47. The van der Waals surface area contributed by atoms with Crippen LogP contribution in [0.1, 0.15) is 51.8 Å². The Balaban J connectivity index is 2.36. The fourth-order valence-corrected chi connectivity index (χ4v) is 3.19. The summed E-state index contributed by atoms with van der Waals surface area (Å²) < 4.78 is 51.0. The fourth-order valence-electron chi connectivity index (χ4n) is 3.19. The average Bonchev–Trinajstić information content (AvgIpc) is 3.03. The van der Waals surface area contributed by atoms with Gasteiger partial charge in [-0.2, -0.15) is 13.2 Å². The minimum Gasteiger partial charge on any atom is -0.466 e. The first kappa shape index (κ1) is 25.2. The summed E-state index contributed by atoms with van der Waals surface area (Å²) in [5.74, 6) is -1.22. The second-order valence-corrected chi connectivity index (χ2v) is 8.20. The number of aromatic nitrogens is 1. The number of nitrogens with one attached hydrogen (secondary N) is 2. The van der Waals surface area contributed by atoms with Gasteiger partial charge in [0.05, 0.1) is 19.1 Å². The monoisotopic (exact) mass is 456 g/mol. The van der Waals surface area contributed by atoms with Crippen LogP contribution in [-0.2, 0) is 31.7 Å². The van der Waals surface area contributed by atoms with Crippen molar-refractivity contribution in [3.8, 4) is 0 Å². The molecule has 1 amide bonds. The van der Waals surface area contributed by atoms with Crippen LogP contribution < -0.4 is 5.32 Å². The van der Waals surface area contributed by atoms with Gasteiger partial charge >= 0.3 is 18.2 Å². The predicted octanol–water partition coefficient (Wildman–Crippen LogP) is 4.53. The van der Waals surface area contributed by atoms with Crippen LogP contribution in [0.25, 0.3) is 10.9 Å². The van der Waals surface area contributed by atoms with Crippen molar-refractivity contribution in [2.45, 2.75) is 64.8 Å². The average molecular weight is 456 g/mol. The van der Waals surface area contributed by atoms with Crippen molar-refractivity contribution in [3.63, 3.8) is 0 Å². The number of amides is 1. The molecule has 7 nitrogen and oxygen atoms in total. The molecule has 2 rings (SSSR count). The molecule has 10 heteroatoms. The lowest BCUT2D eigenvalue weighted by Crippen LogP contribution is -2.45. The van der Waals surface area contributed by atoms with Gasteiger partial charge in [0.2, 0.25) is 0 Å². The van der Waals surface area contributed by atoms with Crippen molar-refractivity contribution < 1.29 is 37.0 Å². The number of para-hydroxylation sites is 1. The Kier molecular flexibility index (Phi) is 7.92. The molecule has 0 unspecified atom stereocenters. The molecule has 0 aliphatic rings. The van der Waals surface area contributed by atoms with Gasteiger partial charge in [0, 0.05) is 23.7 Å². The molecule has 0 aliphatic heterocycles. The highest BCUT2D eigenvalue weighted by molar-refractivity contribution is 5.91. The van der Waals surface area contributed by atoms with Crippen LogP contribution >= 0.6 is 0 Å². The summed E-state index contributed by atoms with van der Waals surface area (Å²) >= 11 is 0. The number of esters is 1. The summed E-state index contributed by atoms with van der Waals surface area (Å²) in [6.45, 7) is 6.60. The number of aromatic amines is 1. The van der Waals surface area contributed by atoms with Crippen LogP contribution in [0.3, 0.4) is 0 Å². The van der Waals surface area contributed by atoms with E-state index in [2.05, 4.69) is 10.3 Å². The molecule has 2 N–H and O–H groups in total. The Labute approximate surface area is 183 Å². The lowest BCUT2D eigenvalue weighted by atomic mass is 9.97. The van der Waals surface area contributed by atoms with Crippen LogP contribution in [0.5, 0.6) is 0 Å². The molecule has 176 valence electrons. The number of H-pyrrole nitrogens is 1. The molecule has 0 aliphatic carbocycles. The Morgan fingerprint density at radius 1 is 1.09 bits per heavy atom. The van der Waals surface area contributed by atoms with Crippen molar-refractivity contribution in [1.29, 1.82) is 0 Å². The van der Waals surface area contributed by atoms with Crippen LogP contribution in [0.15, 0.2) is 24.3 Å². The number of alkyl carbamates (subject to hydrolysis) is 1. The molecular weight excluding hydrogens is 429 g/mol. The smallest absolute Gasteiger partial charge is 0.431 e. The van der Waals surface area contributed by atoms with Gasteiger partial charge < -0.3 is 19.8 Å². The van der Waals surface area contributed by atoms with Crippen molar-refractivity contribution in [1.82, 2.24) is 10.3 Å². The van der Waals surface area contributed by atoms with Gasteiger partial charge in [-0.05, 0) is 39.3 Å². The molecule has 0 fully saturated rings. The van der Waals surface area contributed by atoms with E-state index in [1.165, 1.54) is 12.1 Å². The Hall–Kier alpha value is -3.04. The van der Waals surface area contributed by atoms with Crippen LogP contribution in [0.4, 0.5) is 18.0 Å². The van der Waals surface area contributed by atoms with E-state index in [9.17, 15) is 27.6 Å². The molecule has 1 aromatic heterocycles. The zero-order valence-corrected chi connectivity index (χ0v) is 18.4. The SMILES string of the molecule is CCOC(=O)CCC(=O)[C@H](Cc1c(C(F)(F)F)[nH]c2ccccc12)NC(=O)OC(C)(C)C. The molecule has 1 aromatic carbocycles. The number of ketones is 1. The molecule has 1 heterocycles. The molecule has 0 spiro atoms. The second kappa shape index (κ2) is 10.1. The summed E-state index contributed by atoms with van der Waals surface area (Å²) in [5.41, 5.74) is -1.77. The molecule has 0 radical (unpaired) electrons. The number of carbonyl (C=O) groups is 3. The van der Waals surface area contributed by atoms with E-state index in [0.717, 1.165) is 0 Å². The molecular formula is C22H27F3N2O5. The number of hydrogen-bond acceptors (Lipinski definition) is 5. The highest BCUT2D eigenvalue weighted by Gasteiger charge is 2.38. The highest BCUT2D eigenvalue weighted by Crippen LogP contribution is 2.36. The molecule has 32 heavy (non-hydrogen) atoms. The molecule has 0 saturated heterocycles. The highest BCUT2D eigenvalue weighted by atomic mass is 19.4. The van der Waals surface area contributed by atoms with Crippen LogP contribution in [0, 0.1) is 0 Å². The molecule has 1 atom stereocenters. The summed E-state index contributed by atoms with van der Waals surface area (Å²) in [5, 5.41) is 2.65. The number of benzene rings is 1. The van der Waals surface area contributed by atoms with Gasteiger partial charge in [0.25, 0.3) is 0 Å². The lowest BCUT2D eigenvalue weighted by Gasteiger charge is -2.23. The third kappa shape index (κ3) is 7.00. The van der Waals surface area contributed by atoms with Gasteiger partial charge in [0.15, 0.2) is 5.78 Å². The van der Waals surface area contributed by atoms with E-state index in [1.807, 2.05) is 0 Å². The van der Waals surface area contributed by atoms with E-state index < -0.39 is 47.8 Å². The lowest BCUT2D eigenvalue weighted by molar-refractivity contribution is -0.144. The molecule has 2 aromatic rings. The number of rotatable bonds is 8. The number of ether oxygens (including phenoxy) is 2. The van der Waals surface area contributed by atoms with E-state index in [1.54, 1.807) is 39.8 Å². The predicted molar refractivity (Wildman–Crippen MR) is 111 cm³/mol. The van der Waals surface area contributed by atoms with Crippen molar-refractivity contribution in [2.24, 2.45) is 0 Å². The number of fused-ring (bicyclic) bond motifs is 1. The zero-order chi connectivity index (χ0) is 24.1. The fraction of sp³-hybridized carbons (Fsp3) is 0.500. The van der Waals surface area contributed by atoms with Gasteiger partial charge in [-0.1, -0.05) is 18.2 Å². The van der Waals surface area contributed by atoms with Gasteiger partial charge in [-0.15, -0.1) is 0 Å². The van der Waals surface area contributed by atoms with Crippen molar-refractivity contribution in [2.75, 3.05) is 6.61 Å². The van der Waals surface area contributed by atoms with Gasteiger partial charge in [0.1, 0.15) is 11.3 Å². The standard InChI is InChI=1S/C22H27F3N2O5/c1-5-31-18(29)11-10-17(28)16(27-20(30)32-21(2,3)4)12-14-13-8-6-7-9-15(13)26-19(14)22(23,24)25/h6-9,16,26H,5,10-12H2,1-4H3,(H,27,30)/t16-/m0/s1. The van der Waals surface area contributed by atoms with Crippen molar-refractivity contribution >= 4 is 28.7 Å². The first-order chi connectivity index (χ1) is 14.8. The topological polar surface area (TPSA) is 97.5 Å². The third-order valence-corrected chi connectivity index (χ3v) is 4.47. The Bertz CT molecular complexity index is 976. The first-order valence-corrected chi connectivity index (χ1v) is 10.2. The Morgan fingerprint density at radius 3 is 2.34 bits per heavy atom. The number of carbonyl (C=O) groups excluding carboxylic acids is 3. The molecule has 0 bridgehead atoms. The van der Waals surface area contributed by atoms with E-state index in [4.69, 9.17) is 9.47 Å². The van der Waals surface area contributed by atoms with Crippen LogP contribution in [-0.4, -0.2) is 41.1 Å². The largest absolute Gasteiger partial charge is 0.466 e. The number of halogens is 3. The maximum atomic E-state index is 13.7. The number of hydrogen-bond donors (Lipinski definition) is 2. The van der Waals surface area contributed by atoms with E-state index >= 15 is 0 Å². The summed E-state index contributed by atoms with van der Waals surface area (Å²) in [7, 11) is 0. The Morgan fingerprint density at radius 2 is 1.75 bits per heavy atom. The maximum Gasteiger partial charge on any atom is 0.431 e. The van der Waals surface area contributed by atoms with Gasteiger partial charge in [-0.3, -0.25) is 9.59 Å². The zero-order valence-electron chi connectivity index (χ0n) is 18.4. The van der Waals surface area contributed by atoms with Crippen molar-refractivity contribution in [3.05, 3.63) is 35.5 Å². The normalized spacial score (nSPS) is 13.0. The van der Waals surface area contributed by atoms with E-state index in [-0.39, 0.29) is 35.9 Å². The van der Waals surface area contributed by atoms with Crippen LogP contribution in [0.2, 0.25) is 0 Å². The summed E-state index contributed by atoms with van der Waals surface area (Å²) in [4.78, 5) is 39.1. The minimum absolute atomic E-state index is 0.136. The van der Waals surface area contributed by atoms with Gasteiger partial charge in [-0.25, -0.2) is 4.79 Å². The minimum atomic E-state index is -4.70. The molecule has 0 saturated carbocycles. The second-order valence-electron chi connectivity index (χ2n) is 8.20. The number of Topliss-reactive ketones (excluding diaryl/α,β-unsaturated/α-hetero) is 1. The quantitative estimate of drug-likeness (QED) is 0.569. The summed E-state index contributed by atoms with van der Waals surface area (Å²) in [6, 6.07) is 4.83. The first-order valence-electron chi connectivity index (χ1n) is 10.2. The van der Waals surface area contributed by atoms with E-state index in [0.29, 0.717) is 0 Å².